The van der Waals surface area contributed by atoms with E-state index in [2.05, 4.69) is 20.2 Å². The van der Waals surface area contributed by atoms with Gasteiger partial charge in [-0.05, 0) is 30.7 Å². The van der Waals surface area contributed by atoms with Crippen LogP contribution in [0.25, 0.3) is 22.4 Å². The maximum Gasteiger partial charge on any atom is 0.184 e. The lowest BCUT2D eigenvalue weighted by Gasteiger charge is -2.08. The second-order valence-corrected chi connectivity index (χ2v) is 9.11. The first-order chi connectivity index (χ1) is 13.3. The molecule has 6 nitrogen and oxygen atoms in total. The van der Waals surface area contributed by atoms with Crippen LogP contribution in [0, 0.1) is 6.92 Å². The SMILES string of the molecule is Cc1[nH]nc2nc(-c3ccc(CS(=O)(=O)c4cc(Cl)ccc4Cl)cc3)ncc12. The molecular weight excluding hydrogens is 419 g/mol. The topological polar surface area (TPSA) is 88.6 Å². The molecule has 0 aliphatic heterocycles. The molecule has 0 bridgehead atoms. The van der Waals surface area contributed by atoms with E-state index in [9.17, 15) is 8.42 Å². The molecule has 1 N–H and O–H groups in total. The molecule has 0 amide bonds. The predicted molar refractivity (Wildman–Crippen MR) is 109 cm³/mol. The number of nitrogens with one attached hydrogen (secondary N) is 1. The van der Waals surface area contributed by atoms with Crippen LogP contribution in [-0.4, -0.2) is 28.6 Å². The lowest BCUT2D eigenvalue weighted by atomic mass is 10.1. The van der Waals surface area contributed by atoms with E-state index in [0.29, 0.717) is 22.1 Å². The molecule has 0 aliphatic carbocycles. The zero-order chi connectivity index (χ0) is 19.9. The van der Waals surface area contributed by atoms with E-state index in [1.807, 2.05) is 6.92 Å². The zero-order valence-corrected chi connectivity index (χ0v) is 17.0. The smallest absolute Gasteiger partial charge is 0.184 e. The number of halogens is 2. The molecule has 0 radical (unpaired) electrons. The Hall–Kier alpha value is -2.48. The number of aryl methyl sites for hydroxylation is 1. The molecule has 142 valence electrons. The lowest BCUT2D eigenvalue weighted by molar-refractivity contribution is 0.595. The minimum atomic E-state index is -3.63. The zero-order valence-electron chi connectivity index (χ0n) is 14.6. The number of aromatic amines is 1. The molecule has 0 saturated heterocycles. The monoisotopic (exact) mass is 432 g/mol. The van der Waals surface area contributed by atoms with Crippen LogP contribution in [0.2, 0.25) is 10.0 Å². The van der Waals surface area contributed by atoms with E-state index >= 15 is 0 Å². The number of H-pyrrole nitrogens is 1. The summed E-state index contributed by atoms with van der Waals surface area (Å²) in [5, 5.41) is 8.35. The summed E-state index contributed by atoms with van der Waals surface area (Å²) in [6, 6.07) is 11.4. The maximum absolute atomic E-state index is 12.7. The number of aromatic nitrogens is 4. The van der Waals surface area contributed by atoms with Gasteiger partial charge < -0.3 is 0 Å². The Bertz CT molecular complexity index is 1290. The van der Waals surface area contributed by atoms with Crippen LogP contribution in [0.1, 0.15) is 11.3 Å². The van der Waals surface area contributed by atoms with Crippen molar-refractivity contribution in [3.05, 3.63) is 70.0 Å². The van der Waals surface area contributed by atoms with Crippen molar-refractivity contribution in [2.24, 2.45) is 0 Å². The van der Waals surface area contributed by atoms with Crippen LogP contribution < -0.4 is 0 Å². The van der Waals surface area contributed by atoms with Crippen molar-refractivity contribution in [1.82, 2.24) is 20.2 Å². The quantitative estimate of drug-likeness (QED) is 0.508. The summed E-state index contributed by atoms with van der Waals surface area (Å²) in [7, 11) is -3.63. The van der Waals surface area contributed by atoms with Crippen molar-refractivity contribution in [1.29, 1.82) is 0 Å². The molecule has 0 saturated carbocycles. The molecule has 2 aromatic carbocycles. The van der Waals surface area contributed by atoms with E-state index in [1.165, 1.54) is 12.1 Å². The Morgan fingerprint density at radius 1 is 1.07 bits per heavy atom. The number of fused-ring (bicyclic) bond motifs is 1. The van der Waals surface area contributed by atoms with Gasteiger partial charge in [0.15, 0.2) is 21.3 Å². The van der Waals surface area contributed by atoms with Crippen LogP contribution in [0.15, 0.2) is 53.6 Å². The minimum Gasteiger partial charge on any atom is -0.280 e. The van der Waals surface area contributed by atoms with E-state index < -0.39 is 9.84 Å². The third-order valence-corrected chi connectivity index (χ3v) is 6.70. The van der Waals surface area contributed by atoms with Crippen molar-refractivity contribution < 1.29 is 8.42 Å². The van der Waals surface area contributed by atoms with E-state index in [1.54, 1.807) is 36.5 Å². The summed E-state index contributed by atoms with van der Waals surface area (Å²) in [6.45, 7) is 1.90. The van der Waals surface area contributed by atoms with Crippen molar-refractivity contribution in [2.75, 3.05) is 0 Å². The second kappa shape index (κ2) is 7.16. The highest BCUT2D eigenvalue weighted by atomic mass is 35.5. The van der Waals surface area contributed by atoms with Gasteiger partial charge in [0.1, 0.15) is 0 Å². The summed E-state index contributed by atoms with van der Waals surface area (Å²) in [6.07, 6.45) is 1.72. The first-order valence-electron chi connectivity index (χ1n) is 8.28. The van der Waals surface area contributed by atoms with Gasteiger partial charge in [-0.1, -0.05) is 47.5 Å². The fourth-order valence-electron chi connectivity index (χ4n) is 2.82. The van der Waals surface area contributed by atoms with Crippen LogP contribution in [-0.2, 0) is 15.6 Å². The molecule has 0 spiro atoms. The molecule has 0 aliphatic rings. The summed E-state index contributed by atoms with van der Waals surface area (Å²) in [5.74, 6) is 0.331. The van der Waals surface area contributed by atoms with Crippen LogP contribution in [0.4, 0.5) is 0 Å². The summed E-state index contributed by atoms with van der Waals surface area (Å²) in [4.78, 5) is 8.82. The first-order valence-corrected chi connectivity index (χ1v) is 10.7. The fourth-order valence-corrected chi connectivity index (χ4v) is 4.99. The standard InChI is InChI=1S/C19H14Cl2N4O2S/c1-11-15-9-22-18(23-19(15)25-24-11)13-4-2-12(3-5-13)10-28(26,27)17-8-14(20)6-7-16(17)21/h2-9H,10H2,1H3,(H,22,23,24,25). The van der Waals surface area contributed by atoms with Crippen molar-refractivity contribution in [3.63, 3.8) is 0 Å². The highest BCUT2D eigenvalue weighted by molar-refractivity contribution is 7.90. The van der Waals surface area contributed by atoms with Gasteiger partial charge in [0.25, 0.3) is 0 Å². The van der Waals surface area contributed by atoms with Gasteiger partial charge in [-0.2, -0.15) is 5.10 Å². The molecule has 2 heterocycles. The first kappa shape index (κ1) is 18.9. The van der Waals surface area contributed by atoms with Gasteiger partial charge in [0.2, 0.25) is 0 Å². The van der Waals surface area contributed by atoms with Crippen LogP contribution in [0.5, 0.6) is 0 Å². The van der Waals surface area contributed by atoms with Gasteiger partial charge in [-0.3, -0.25) is 5.10 Å². The molecule has 0 unspecified atom stereocenters. The Morgan fingerprint density at radius 3 is 2.57 bits per heavy atom. The molecule has 2 aromatic heterocycles. The fraction of sp³-hybridized carbons (Fsp3) is 0.105. The molecule has 28 heavy (non-hydrogen) atoms. The molecule has 0 atom stereocenters. The number of sulfone groups is 1. The molecular formula is C19H14Cl2N4O2S. The van der Waals surface area contributed by atoms with Crippen LogP contribution >= 0.6 is 23.2 Å². The number of nitrogens with zero attached hydrogens (tertiary/aromatic N) is 3. The van der Waals surface area contributed by atoms with Gasteiger partial charge in [-0.15, -0.1) is 0 Å². The highest BCUT2D eigenvalue weighted by Crippen LogP contribution is 2.28. The Balaban J connectivity index is 1.61. The third-order valence-electron chi connectivity index (χ3n) is 4.30. The van der Waals surface area contributed by atoms with E-state index in [-0.39, 0.29) is 15.7 Å². The number of hydrogen-bond acceptors (Lipinski definition) is 5. The van der Waals surface area contributed by atoms with Gasteiger partial charge in [-0.25, -0.2) is 18.4 Å². The average Bonchev–Trinajstić information content (AvgIpc) is 3.04. The van der Waals surface area contributed by atoms with Gasteiger partial charge >= 0.3 is 0 Å². The normalized spacial score (nSPS) is 11.8. The molecule has 4 rings (SSSR count). The Kier molecular flexibility index (Phi) is 4.82. The minimum absolute atomic E-state index is 0.0217. The maximum atomic E-state index is 12.7. The van der Waals surface area contributed by atoms with Crippen molar-refractivity contribution in [3.8, 4) is 11.4 Å². The Labute approximate surface area is 171 Å². The van der Waals surface area contributed by atoms with Crippen molar-refractivity contribution in [2.45, 2.75) is 17.6 Å². The lowest BCUT2D eigenvalue weighted by Crippen LogP contribution is -2.06. The second-order valence-electron chi connectivity index (χ2n) is 6.31. The summed E-state index contributed by atoms with van der Waals surface area (Å²) in [5.41, 5.74) is 2.88. The van der Waals surface area contributed by atoms with E-state index in [4.69, 9.17) is 23.2 Å². The largest absolute Gasteiger partial charge is 0.280 e. The summed E-state index contributed by atoms with van der Waals surface area (Å²) < 4.78 is 25.4. The Morgan fingerprint density at radius 2 is 1.82 bits per heavy atom. The molecule has 0 fully saturated rings. The predicted octanol–water partition coefficient (Wildman–Crippen LogP) is 4.61. The molecule has 4 aromatic rings. The van der Waals surface area contributed by atoms with Crippen molar-refractivity contribution >= 4 is 44.1 Å². The average molecular weight is 433 g/mol. The number of benzene rings is 2. The summed E-state index contributed by atoms with van der Waals surface area (Å²) >= 11 is 12.0. The van der Waals surface area contributed by atoms with Gasteiger partial charge in [0, 0.05) is 22.5 Å². The van der Waals surface area contributed by atoms with Crippen LogP contribution in [0.3, 0.4) is 0 Å². The number of rotatable bonds is 4. The van der Waals surface area contributed by atoms with E-state index in [0.717, 1.165) is 16.6 Å². The highest BCUT2D eigenvalue weighted by Gasteiger charge is 2.19. The third kappa shape index (κ3) is 3.61. The molecule has 9 heteroatoms. The number of hydrogen-bond donors (Lipinski definition) is 1. The van der Waals surface area contributed by atoms with Gasteiger partial charge in [0.05, 0.1) is 21.1 Å².